The highest BCUT2D eigenvalue weighted by molar-refractivity contribution is 6.63. The molecule has 1 saturated heterocycles. The number of hydrogen-bond donors (Lipinski definition) is 1. The van der Waals surface area contributed by atoms with Crippen molar-refractivity contribution in [3.63, 3.8) is 0 Å². The number of rotatable bonds is 2. The summed E-state index contributed by atoms with van der Waals surface area (Å²) < 4.78 is 11.9. The first kappa shape index (κ1) is 14.3. The molecule has 1 aromatic rings. The monoisotopic (exact) mass is 263 g/mol. The van der Waals surface area contributed by atoms with Crippen LogP contribution in [0.15, 0.2) is 6.20 Å². The maximum absolute atomic E-state index is 6.01. The van der Waals surface area contributed by atoms with Crippen molar-refractivity contribution in [3.8, 4) is 0 Å². The first-order valence-electron chi connectivity index (χ1n) is 6.62. The van der Waals surface area contributed by atoms with Gasteiger partial charge in [0.25, 0.3) is 0 Å². The Labute approximate surface area is 115 Å². The SMILES string of the molecule is CC(C)c1ncc(B2OC(C)(C)C(C)(C)O2)c(N)n1. The normalized spacial score (nSPS) is 21.1. The molecule has 0 saturated carbocycles. The van der Waals surface area contributed by atoms with Crippen molar-refractivity contribution in [2.24, 2.45) is 0 Å². The van der Waals surface area contributed by atoms with E-state index in [1.54, 1.807) is 6.20 Å². The van der Waals surface area contributed by atoms with Crippen molar-refractivity contribution in [2.45, 2.75) is 58.7 Å². The van der Waals surface area contributed by atoms with Gasteiger partial charge in [-0.15, -0.1) is 0 Å². The van der Waals surface area contributed by atoms with Crippen LogP contribution in [0.1, 0.15) is 53.3 Å². The first-order valence-corrected chi connectivity index (χ1v) is 6.62. The Morgan fingerprint density at radius 3 is 2.11 bits per heavy atom. The van der Waals surface area contributed by atoms with Gasteiger partial charge in [-0.3, -0.25) is 0 Å². The molecule has 0 spiro atoms. The Bertz CT molecular complexity index is 473. The van der Waals surface area contributed by atoms with Crippen molar-refractivity contribution >= 4 is 18.4 Å². The van der Waals surface area contributed by atoms with Gasteiger partial charge in [-0.2, -0.15) is 0 Å². The molecular weight excluding hydrogens is 241 g/mol. The lowest BCUT2D eigenvalue weighted by molar-refractivity contribution is 0.00578. The Morgan fingerprint density at radius 2 is 1.68 bits per heavy atom. The molecule has 1 aromatic heterocycles. The number of nitrogens with zero attached hydrogens (tertiary/aromatic N) is 2. The predicted molar refractivity (Wildman–Crippen MR) is 76.2 cm³/mol. The Balaban J connectivity index is 2.30. The molecule has 0 atom stereocenters. The summed E-state index contributed by atoms with van der Waals surface area (Å²) >= 11 is 0. The van der Waals surface area contributed by atoms with Crippen LogP contribution in [0.25, 0.3) is 0 Å². The topological polar surface area (TPSA) is 70.3 Å². The van der Waals surface area contributed by atoms with Gasteiger partial charge in [0.05, 0.1) is 11.2 Å². The molecule has 1 aliphatic heterocycles. The minimum Gasteiger partial charge on any atom is -0.399 e. The van der Waals surface area contributed by atoms with Crippen LogP contribution < -0.4 is 11.2 Å². The molecule has 6 heteroatoms. The summed E-state index contributed by atoms with van der Waals surface area (Å²) in [5.41, 5.74) is 5.93. The molecule has 0 bridgehead atoms. The molecule has 0 aromatic carbocycles. The fraction of sp³-hybridized carbons (Fsp3) is 0.692. The van der Waals surface area contributed by atoms with Gasteiger partial charge in [-0.25, -0.2) is 9.97 Å². The number of anilines is 1. The second kappa shape index (κ2) is 4.46. The van der Waals surface area contributed by atoms with Crippen LogP contribution in [0.2, 0.25) is 0 Å². The Kier molecular flexibility index (Phi) is 3.35. The lowest BCUT2D eigenvalue weighted by Gasteiger charge is -2.32. The van der Waals surface area contributed by atoms with Gasteiger partial charge >= 0.3 is 7.12 Å². The highest BCUT2D eigenvalue weighted by Gasteiger charge is 2.52. The highest BCUT2D eigenvalue weighted by atomic mass is 16.7. The van der Waals surface area contributed by atoms with Crippen LogP contribution in [-0.2, 0) is 9.31 Å². The van der Waals surface area contributed by atoms with E-state index < -0.39 is 7.12 Å². The van der Waals surface area contributed by atoms with Crippen molar-refractivity contribution < 1.29 is 9.31 Å². The summed E-state index contributed by atoms with van der Waals surface area (Å²) in [6.45, 7) is 12.1. The summed E-state index contributed by atoms with van der Waals surface area (Å²) in [7, 11) is -0.508. The molecule has 0 amide bonds. The molecule has 2 N–H and O–H groups in total. The quantitative estimate of drug-likeness (QED) is 0.818. The summed E-state index contributed by atoms with van der Waals surface area (Å²) in [4.78, 5) is 8.65. The van der Waals surface area contributed by atoms with Gasteiger partial charge in [0.2, 0.25) is 0 Å². The van der Waals surface area contributed by atoms with Gasteiger partial charge < -0.3 is 15.0 Å². The van der Waals surface area contributed by atoms with Crippen molar-refractivity contribution in [2.75, 3.05) is 5.73 Å². The minimum atomic E-state index is -0.508. The number of hydrogen-bond acceptors (Lipinski definition) is 5. The zero-order chi connectivity index (χ0) is 14.4. The van der Waals surface area contributed by atoms with E-state index in [-0.39, 0.29) is 17.1 Å². The minimum absolute atomic E-state index is 0.245. The lowest BCUT2D eigenvalue weighted by Crippen LogP contribution is -2.41. The van der Waals surface area contributed by atoms with Crippen LogP contribution >= 0.6 is 0 Å². The summed E-state index contributed by atoms with van der Waals surface area (Å²) in [6.07, 6.45) is 1.71. The maximum atomic E-state index is 6.01. The van der Waals surface area contributed by atoms with E-state index >= 15 is 0 Å². The highest BCUT2D eigenvalue weighted by Crippen LogP contribution is 2.36. The molecule has 2 heterocycles. The third-order valence-electron chi connectivity index (χ3n) is 3.89. The summed E-state index contributed by atoms with van der Waals surface area (Å²) in [5.74, 6) is 1.41. The average Bonchev–Trinajstić information content (AvgIpc) is 2.47. The van der Waals surface area contributed by atoms with Crippen molar-refractivity contribution in [1.29, 1.82) is 0 Å². The predicted octanol–water partition coefficient (Wildman–Crippen LogP) is 1.48. The summed E-state index contributed by atoms with van der Waals surface area (Å²) in [6, 6.07) is 0. The van der Waals surface area contributed by atoms with Gasteiger partial charge in [0, 0.05) is 17.6 Å². The molecule has 1 fully saturated rings. The van der Waals surface area contributed by atoms with Gasteiger partial charge in [0.1, 0.15) is 11.6 Å². The van der Waals surface area contributed by atoms with Gasteiger partial charge in [-0.1, -0.05) is 13.8 Å². The second-order valence-corrected chi connectivity index (χ2v) is 6.31. The van der Waals surface area contributed by atoms with E-state index in [9.17, 15) is 0 Å². The van der Waals surface area contributed by atoms with Crippen LogP contribution in [0.3, 0.4) is 0 Å². The summed E-state index contributed by atoms with van der Waals surface area (Å²) in [5, 5.41) is 0. The molecule has 2 rings (SSSR count). The molecule has 0 unspecified atom stereocenters. The van der Waals surface area contributed by atoms with E-state index in [0.717, 1.165) is 5.82 Å². The lowest BCUT2D eigenvalue weighted by atomic mass is 9.80. The largest absolute Gasteiger partial charge is 0.500 e. The van der Waals surface area contributed by atoms with Gasteiger partial charge in [0.15, 0.2) is 0 Å². The van der Waals surface area contributed by atoms with E-state index in [4.69, 9.17) is 15.0 Å². The third-order valence-corrected chi connectivity index (χ3v) is 3.89. The van der Waals surface area contributed by atoms with Crippen LogP contribution in [0.4, 0.5) is 5.82 Å². The molecule has 5 nitrogen and oxygen atoms in total. The zero-order valence-corrected chi connectivity index (χ0v) is 12.5. The van der Waals surface area contributed by atoms with Crippen LogP contribution in [0.5, 0.6) is 0 Å². The Morgan fingerprint density at radius 1 is 1.16 bits per heavy atom. The molecular formula is C13H22BN3O2. The zero-order valence-electron chi connectivity index (χ0n) is 12.5. The number of aromatic nitrogens is 2. The van der Waals surface area contributed by atoms with Gasteiger partial charge in [-0.05, 0) is 27.7 Å². The van der Waals surface area contributed by atoms with E-state index in [2.05, 4.69) is 9.97 Å². The maximum Gasteiger partial charge on any atom is 0.500 e. The van der Waals surface area contributed by atoms with Crippen LogP contribution in [0, 0.1) is 0 Å². The average molecular weight is 263 g/mol. The Hall–Kier alpha value is -1.14. The van der Waals surface area contributed by atoms with Crippen molar-refractivity contribution in [1.82, 2.24) is 9.97 Å². The fourth-order valence-corrected chi connectivity index (χ4v) is 1.85. The van der Waals surface area contributed by atoms with Crippen molar-refractivity contribution in [3.05, 3.63) is 12.0 Å². The number of nitrogens with two attached hydrogens (primary N) is 1. The van der Waals surface area contributed by atoms with E-state index in [0.29, 0.717) is 11.3 Å². The van der Waals surface area contributed by atoms with E-state index in [1.165, 1.54) is 0 Å². The second-order valence-electron chi connectivity index (χ2n) is 6.31. The smallest absolute Gasteiger partial charge is 0.399 e. The number of nitrogen functional groups attached to an aromatic ring is 1. The molecule has 0 radical (unpaired) electrons. The third kappa shape index (κ3) is 2.47. The molecule has 0 aliphatic carbocycles. The van der Waals surface area contributed by atoms with E-state index in [1.807, 2.05) is 41.5 Å². The molecule has 104 valence electrons. The standard InChI is InChI=1S/C13H22BN3O2/c1-8(2)11-16-7-9(10(15)17-11)14-18-12(3,4)13(5,6)19-14/h7-8H,1-6H3,(H2,15,16,17). The fourth-order valence-electron chi connectivity index (χ4n) is 1.85. The molecule has 1 aliphatic rings. The van der Waals surface area contributed by atoms with Crippen LogP contribution in [-0.4, -0.2) is 28.3 Å². The molecule has 19 heavy (non-hydrogen) atoms. The first-order chi connectivity index (χ1) is 8.64.